The summed E-state index contributed by atoms with van der Waals surface area (Å²) < 4.78 is 0. The maximum Gasteiger partial charge on any atom is 0.328 e. The van der Waals surface area contributed by atoms with Gasteiger partial charge in [-0.25, -0.2) is 4.79 Å². The van der Waals surface area contributed by atoms with Crippen molar-refractivity contribution in [2.24, 2.45) is 0 Å². The molecule has 0 aliphatic rings. The van der Waals surface area contributed by atoms with E-state index in [0.717, 1.165) is 11.6 Å². The van der Waals surface area contributed by atoms with Crippen LogP contribution in [-0.4, -0.2) is 17.0 Å². The molecule has 4 nitrogen and oxygen atoms in total. The summed E-state index contributed by atoms with van der Waals surface area (Å²) >= 11 is 5.80. The summed E-state index contributed by atoms with van der Waals surface area (Å²) in [6.45, 7) is 0. The molecule has 0 saturated carbocycles. The first-order valence-electron chi connectivity index (χ1n) is 6.58. The summed E-state index contributed by atoms with van der Waals surface area (Å²) in [5.41, 5.74) is 2.18. The molecule has 0 aromatic heterocycles. The number of hydrogen-bond donors (Lipinski definition) is 2. The highest BCUT2D eigenvalue weighted by molar-refractivity contribution is 6.30. The number of carbonyl (C=O) groups excluding carboxylic acids is 1. The molecular formula is C17H14ClNO3. The number of rotatable bonds is 5. The third-order valence-electron chi connectivity index (χ3n) is 2.87. The first-order valence-corrected chi connectivity index (χ1v) is 6.96. The third-order valence-corrected chi connectivity index (χ3v) is 3.12. The molecule has 0 aliphatic carbocycles. The van der Waals surface area contributed by atoms with Gasteiger partial charge in [0.25, 0.3) is 0 Å². The molecule has 0 aliphatic heterocycles. The Balaban J connectivity index is 2.00. The molecule has 2 rings (SSSR count). The van der Waals surface area contributed by atoms with Gasteiger partial charge in [-0.15, -0.1) is 0 Å². The Morgan fingerprint density at radius 3 is 2.55 bits per heavy atom. The Labute approximate surface area is 133 Å². The van der Waals surface area contributed by atoms with Crippen molar-refractivity contribution in [3.63, 3.8) is 0 Å². The van der Waals surface area contributed by atoms with Gasteiger partial charge in [0, 0.05) is 16.8 Å². The molecule has 2 N–H and O–H groups in total. The van der Waals surface area contributed by atoms with Gasteiger partial charge in [0.15, 0.2) is 0 Å². The molecule has 0 heterocycles. The van der Waals surface area contributed by atoms with Gasteiger partial charge in [0.05, 0.1) is 6.42 Å². The number of carboxylic acids is 1. The molecule has 0 radical (unpaired) electrons. The minimum atomic E-state index is -1.02. The van der Waals surface area contributed by atoms with Crippen molar-refractivity contribution in [2.45, 2.75) is 6.42 Å². The molecule has 0 fully saturated rings. The predicted molar refractivity (Wildman–Crippen MR) is 86.9 cm³/mol. The molecule has 0 unspecified atom stereocenters. The van der Waals surface area contributed by atoms with Crippen molar-refractivity contribution in [1.82, 2.24) is 0 Å². The fourth-order valence-corrected chi connectivity index (χ4v) is 2.01. The van der Waals surface area contributed by atoms with Crippen LogP contribution >= 0.6 is 11.6 Å². The molecule has 0 saturated heterocycles. The number of benzene rings is 2. The van der Waals surface area contributed by atoms with E-state index < -0.39 is 5.97 Å². The number of anilines is 1. The number of aliphatic carboxylic acids is 1. The monoisotopic (exact) mass is 315 g/mol. The number of hydrogen-bond acceptors (Lipinski definition) is 2. The topological polar surface area (TPSA) is 66.4 Å². The van der Waals surface area contributed by atoms with Crippen molar-refractivity contribution < 1.29 is 14.7 Å². The van der Waals surface area contributed by atoms with Gasteiger partial charge in [-0.1, -0.05) is 35.9 Å². The first kappa shape index (κ1) is 15.8. The highest BCUT2D eigenvalue weighted by Crippen LogP contribution is 2.14. The molecule has 112 valence electrons. The highest BCUT2D eigenvalue weighted by Gasteiger charge is 2.04. The lowest BCUT2D eigenvalue weighted by Crippen LogP contribution is -2.14. The Bertz CT molecular complexity index is 708. The SMILES string of the molecule is O=C(O)/C=C/c1cccc(NC(=O)Cc2ccc(Cl)cc2)c1. The van der Waals surface area contributed by atoms with Gasteiger partial charge in [-0.2, -0.15) is 0 Å². The van der Waals surface area contributed by atoms with Crippen LogP contribution in [0.15, 0.2) is 54.6 Å². The lowest BCUT2D eigenvalue weighted by molar-refractivity contribution is -0.131. The molecular weight excluding hydrogens is 302 g/mol. The van der Waals surface area contributed by atoms with Crippen molar-refractivity contribution in [2.75, 3.05) is 5.32 Å². The summed E-state index contributed by atoms with van der Waals surface area (Å²) in [6, 6.07) is 14.0. The highest BCUT2D eigenvalue weighted by atomic mass is 35.5. The maximum atomic E-state index is 12.0. The van der Waals surface area contributed by atoms with Crippen LogP contribution in [-0.2, 0) is 16.0 Å². The normalized spacial score (nSPS) is 10.6. The standard InChI is InChI=1S/C17H14ClNO3/c18-14-7-4-13(5-8-14)11-16(20)19-15-3-1-2-12(10-15)6-9-17(21)22/h1-10H,11H2,(H,19,20)(H,21,22)/b9-6+. The fraction of sp³-hybridized carbons (Fsp3) is 0.0588. The maximum absolute atomic E-state index is 12.0. The summed E-state index contributed by atoms with van der Waals surface area (Å²) in [7, 11) is 0. The van der Waals surface area contributed by atoms with E-state index in [-0.39, 0.29) is 12.3 Å². The van der Waals surface area contributed by atoms with Crippen LogP contribution in [0.3, 0.4) is 0 Å². The first-order chi connectivity index (χ1) is 10.5. The largest absolute Gasteiger partial charge is 0.478 e. The zero-order chi connectivity index (χ0) is 15.9. The van der Waals surface area contributed by atoms with Crippen LogP contribution in [0.4, 0.5) is 5.69 Å². The molecule has 0 atom stereocenters. The van der Waals surface area contributed by atoms with Crippen LogP contribution in [0.25, 0.3) is 6.08 Å². The molecule has 22 heavy (non-hydrogen) atoms. The number of amides is 1. The van der Waals surface area contributed by atoms with E-state index in [2.05, 4.69) is 5.32 Å². The van der Waals surface area contributed by atoms with E-state index in [0.29, 0.717) is 16.3 Å². The van der Waals surface area contributed by atoms with Gasteiger partial charge < -0.3 is 10.4 Å². The quantitative estimate of drug-likeness (QED) is 0.828. The Morgan fingerprint density at radius 1 is 1.14 bits per heavy atom. The van der Waals surface area contributed by atoms with Crippen LogP contribution < -0.4 is 5.32 Å². The summed E-state index contributed by atoms with van der Waals surface area (Å²) in [5.74, 6) is -1.17. The predicted octanol–water partition coefficient (Wildman–Crippen LogP) is 3.62. The van der Waals surface area contributed by atoms with Gasteiger partial charge in [0.2, 0.25) is 5.91 Å². The van der Waals surface area contributed by atoms with Gasteiger partial charge in [0.1, 0.15) is 0 Å². The van der Waals surface area contributed by atoms with E-state index in [4.69, 9.17) is 16.7 Å². The van der Waals surface area contributed by atoms with E-state index in [1.165, 1.54) is 6.08 Å². The van der Waals surface area contributed by atoms with Crippen LogP contribution in [0, 0.1) is 0 Å². The van der Waals surface area contributed by atoms with Gasteiger partial charge >= 0.3 is 5.97 Å². The van der Waals surface area contributed by atoms with Gasteiger partial charge in [-0.05, 0) is 41.5 Å². The Morgan fingerprint density at radius 2 is 1.86 bits per heavy atom. The second kappa shape index (κ2) is 7.43. The summed E-state index contributed by atoms with van der Waals surface area (Å²) in [4.78, 5) is 22.5. The fourth-order valence-electron chi connectivity index (χ4n) is 1.88. The average Bonchev–Trinajstić information content (AvgIpc) is 2.48. The summed E-state index contributed by atoms with van der Waals surface area (Å²) in [5, 5.41) is 12.0. The minimum Gasteiger partial charge on any atom is -0.478 e. The van der Waals surface area contributed by atoms with Crippen LogP contribution in [0.5, 0.6) is 0 Å². The zero-order valence-corrected chi connectivity index (χ0v) is 12.4. The number of carboxylic acid groups (broad SMARTS) is 1. The lowest BCUT2D eigenvalue weighted by atomic mass is 10.1. The Hall–Kier alpha value is -2.59. The van der Waals surface area contributed by atoms with E-state index in [1.54, 1.807) is 48.5 Å². The third kappa shape index (κ3) is 5.07. The Kier molecular flexibility index (Phi) is 5.33. The molecule has 1 amide bonds. The van der Waals surface area contributed by atoms with Crippen molar-refractivity contribution in [3.05, 3.63) is 70.8 Å². The van der Waals surface area contributed by atoms with Gasteiger partial charge in [-0.3, -0.25) is 4.79 Å². The molecule has 2 aromatic rings. The molecule has 0 bridgehead atoms. The van der Waals surface area contributed by atoms with Crippen LogP contribution in [0.1, 0.15) is 11.1 Å². The molecule has 0 spiro atoms. The van der Waals surface area contributed by atoms with Crippen molar-refractivity contribution >= 4 is 35.2 Å². The molecule has 5 heteroatoms. The lowest BCUT2D eigenvalue weighted by Gasteiger charge is -2.06. The molecule has 2 aromatic carbocycles. The van der Waals surface area contributed by atoms with Crippen molar-refractivity contribution in [1.29, 1.82) is 0 Å². The van der Waals surface area contributed by atoms with E-state index in [9.17, 15) is 9.59 Å². The number of halogens is 1. The number of carbonyl (C=O) groups is 2. The zero-order valence-electron chi connectivity index (χ0n) is 11.6. The minimum absolute atomic E-state index is 0.151. The second-order valence-corrected chi connectivity index (χ2v) is 5.08. The number of nitrogens with one attached hydrogen (secondary N) is 1. The van der Waals surface area contributed by atoms with Crippen molar-refractivity contribution in [3.8, 4) is 0 Å². The second-order valence-electron chi connectivity index (χ2n) is 4.65. The average molecular weight is 316 g/mol. The van der Waals surface area contributed by atoms with Crippen LogP contribution in [0.2, 0.25) is 5.02 Å². The smallest absolute Gasteiger partial charge is 0.328 e. The van der Waals surface area contributed by atoms with E-state index in [1.807, 2.05) is 0 Å². The van der Waals surface area contributed by atoms with E-state index >= 15 is 0 Å². The summed E-state index contributed by atoms with van der Waals surface area (Å²) in [6.07, 6.45) is 2.76.